The molecule has 0 aliphatic heterocycles. The Bertz CT molecular complexity index is 474. The number of nitrogens with one attached hydrogen (secondary N) is 3. The molecule has 6 nitrogen and oxygen atoms in total. The molecule has 0 heterocycles. The molecule has 0 unspecified atom stereocenters. The molecule has 1 aromatic carbocycles. The molecule has 0 radical (unpaired) electrons. The number of hydrogen-bond donors (Lipinski definition) is 3. The molecule has 21 heavy (non-hydrogen) atoms. The molecule has 1 amide bonds. The minimum atomic E-state index is -0.0917. The van der Waals surface area contributed by atoms with E-state index in [4.69, 9.17) is 4.74 Å². The quantitative estimate of drug-likeness (QED) is 0.394. The van der Waals surface area contributed by atoms with Crippen molar-refractivity contribution in [3.8, 4) is 0 Å². The third-order valence-corrected chi connectivity index (χ3v) is 2.78. The van der Waals surface area contributed by atoms with Gasteiger partial charge in [0, 0.05) is 32.8 Å². The topological polar surface area (TPSA) is 74.8 Å². The molecule has 0 bridgehead atoms. The summed E-state index contributed by atoms with van der Waals surface area (Å²) in [5, 5.41) is 8.95. The second kappa shape index (κ2) is 9.77. The van der Waals surface area contributed by atoms with Crippen molar-refractivity contribution >= 4 is 11.9 Å². The van der Waals surface area contributed by atoms with Gasteiger partial charge in [0.2, 0.25) is 0 Å². The van der Waals surface area contributed by atoms with Gasteiger partial charge in [-0.1, -0.05) is 12.1 Å². The van der Waals surface area contributed by atoms with E-state index in [0.717, 1.165) is 18.1 Å². The van der Waals surface area contributed by atoms with Crippen LogP contribution in [-0.2, 0) is 11.3 Å². The second-order valence-corrected chi connectivity index (χ2v) is 4.39. The number of carbonyl (C=O) groups is 1. The third kappa shape index (κ3) is 6.27. The highest BCUT2D eigenvalue weighted by Gasteiger charge is 2.03. The molecule has 0 fully saturated rings. The fraction of sp³-hybridized carbons (Fsp3) is 0.467. The largest absolute Gasteiger partial charge is 0.383 e. The van der Waals surface area contributed by atoms with Crippen LogP contribution < -0.4 is 16.0 Å². The number of benzene rings is 1. The summed E-state index contributed by atoms with van der Waals surface area (Å²) >= 11 is 0. The van der Waals surface area contributed by atoms with Crippen LogP contribution in [0.1, 0.15) is 22.8 Å². The van der Waals surface area contributed by atoms with Crippen LogP contribution in [0.15, 0.2) is 29.3 Å². The summed E-state index contributed by atoms with van der Waals surface area (Å²) in [6.45, 7) is 4.63. The smallest absolute Gasteiger partial charge is 0.251 e. The molecule has 0 atom stereocenters. The van der Waals surface area contributed by atoms with Gasteiger partial charge in [-0.2, -0.15) is 0 Å². The lowest BCUT2D eigenvalue weighted by Crippen LogP contribution is -2.38. The summed E-state index contributed by atoms with van der Waals surface area (Å²) in [4.78, 5) is 16.1. The predicted molar refractivity (Wildman–Crippen MR) is 84.5 cm³/mol. The highest BCUT2D eigenvalue weighted by molar-refractivity contribution is 5.94. The number of carbonyl (C=O) groups excluding carboxylic acids is 1. The molecule has 0 aromatic heterocycles. The number of nitrogens with zero attached hydrogens (tertiary/aromatic N) is 1. The fourth-order valence-electron chi connectivity index (χ4n) is 1.74. The van der Waals surface area contributed by atoms with E-state index in [0.29, 0.717) is 25.3 Å². The van der Waals surface area contributed by atoms with Crippen molar-refractivity contribution in [1.82, 2.24) is 16.0 Å². The zero-order valence-corrected chi connectivity index (χ0v) is 12.9. The van der Waals surface area contributed by atoms with Crippen LogP contribution in [0.2, 0.25) is 0 Å². The van der Waals surface area contributed by atoms with Crippen molar-refractivity contribution in [2.45, 2.75) is 13.5 Å². The molecule has 6 heteroatoms. The average Bonchev–Trinajstić information content (AvgIpc) is 2.52. The van der Waals surface area contributed by atoms with Gasteiger partial charge in [0.15, 0.2) is 5.96 Å². The first-order valence-corrected chi connectivity index (χ1v) is 7.03. The van der Waals surface area contributed by atoms with Crippen molar-refractivity contribution in [2.24, 2.45) is 4.99 Å². The maximum Gasteiger partial charge on any atom is 0.251 e. The molecule has 0 saturated heterocycles. The molecule has 0 saturated carbocycles. The summed E-state index contributed by atoms with van der Waals surface area (Å²) in [6.07, 6.45) is 0. The van der Waals surface area contributed by atoms with E-state index in [1.165, 1.54) is 0 Å². The zero-order valence-electron chi connectivity index (χ0n) is 12.9. The Morgan fingerprint density at radius 3 is 2.81 bits per heavy atom. The summed E-state index contributed by atoms with van der Waals surface area (Å²) < 4.78 is 5.00. The highest BCUT2D eigenvalue weighted by Crippen LogP contribution is 2.06. The van der Waals surface area contributed by atoms with Crippen molar-refractivity contribution in [1.29, 1.82) is 0 Å². The van der Waals surface area contributed by atoms with E-state index < -0.39 is 0 Å². The first kappa shape index (κ1) is 17.0. The van der Waals surface area contributed by atoms with Crippen molar-refractivity contribution in [2.75, 3.05) is 33.9 Å². The number of rotatable bonds is 7. The van der Waals surface area contributed by atoms with E-state index >= 15 is 0 Å². The zero-order chi connectivity index (χ0) is 15.5. The van der Waals surface area contributed by atoms with E-state index in [-0.39, 0.29) is 5.91 Å². The van der Waals surface area contributed by atoms with Gasteiger partial charge in [0.05, 0.1) is 13.2 Å². The minimum Gasteiger partial charge on any atom is -0.383 e. The van der Waals surface area contributed by atoms with Crippen LogP contribution in [-0.4, -0.2) is 45.7 Å². The van der Waals surface area contributed by atoms with Crippen molar-refractivity contribution < 1.29 is 9.53 Å². The SMILES string of the molecule is CCNC(=NCc1cccc(C(=O)NC)c1)NCCOC. The number of ether oxygens (including phenoxy) is 1. The van der Waals surface area contributed by atoms with E-state index in [1.54, 1.807) is 20.2 Å². The Morgan fingerprint density at radius 1 is 1.33 bits per heavy atom. The van der Waals surface area contributed by atoms with Crippen LogP contribution in [0.25, 0.3) is 0 Å². The van der Waals surface area contributed by atoms with Gasteiger partial charge in [-0.15, -0.1) is 0 Å². The maximum atomic E-state index is 11.6. The second-order valence-electron chi connectivity index (χ2n) is 4.39. The monoisotopic (exact) mass is 292 g/mol. The Morgan fingerprint density at radius 2 is 2.14 bits per heavy atom. The van der Waals surface area contributed by atoms with Gasteiger partial charge < -0.3 is 20.7 Å². The van der Waals surface area contributed by atoms with E-state index in [9.17, 15) is 4.79 Å². The number of amides is 1. The lowest BCUT2D eigenvalue weighted by atomic mass is 10.1. The number of methoxy groups -OCH3 is 1. The van der Waals surface area contributed by atoms with E-state index in [2.05, 4.69) is 20.9 Å². The van der Waals surface area contributed by atoms with Crippen molar-refractivity contribution in [3.63, 3.8) is 0 Å². The summed E-state index contributed by atoms with van der Waals surface area (Å²) in [5.41, 5.74) is 1.63. The molecule has 3 N–H and O–H groups in total. The Balaban J connectivity index is 2.68. The molecule has 1 rings (SSSR count). The average molecular weight is 292 g/mol. The predicted octanol–water partition coefficient (Wildman–Crippen LogP) is 0.748. The van der Waals surface area contributed by atoms with Gasteiger partial charge in [-0.3, -0.25) is 4.79 Å². The van der Waals surface area contributed by atoms with Gasteiger partial charge in [0.25, 0.3) is 5.91 Å². The van der Waals surface area contributed by atoms with Gasteiger partial charge in [-0.25, -0.2) is 4.99 Å². The third-order valence-electron chi connectivity index (χ3n) is 2.78. The molecule has 0 aliphatic carbocycles. The first-order valence-electron chi connectivity index (χ1n) is 7.03. The molecule has 116 valence electrons. The first-order chi connectivity index (χ1) is 10.2. The summed E-state index contributed by atoms with van der Waals surface area (Å²) in [5.74, 6) is 0.644. The Kier molecular flexibility index (Phi) is 7.89. The normalized spacial score (nSPS) is 11.1. The van der Waals surface area contributed by atoms with Gasteiger partial charge in [0.1, 0.15) is 0 Å². The standard InChI is InChI=1S/C15H24N4O2/c1-4-17-15(18-8-9-21-3)19-11-12-6-5-7-13(10-12)14(20)16-2/h5-7,10H,4,8-9,11H2,1-3H3,(H,16,20)(H2,17,18,19). The molecule has 0 spiro atoms. The number of guanidine groups is 1. The highest BCUT2D eigenvalue weighted by atomic mass is 16.5. The minimum absolute atomic E-state index is 0.0917. The lowest BCUT2D eigenvalue weighted by molar-refractivity contribution is 0.0963. The molecule has 0 aliphatic rings. The molecule has 1 aromatic rings. The Labute approximate surface area is 126 Å². The van der Waals surface area contributed by atoms with Crippen LogP contribution in [0, 0.1) is 0 Å². The van der Waals surface area contributed by atoms with Crippen LogP contribution in [0.4, 0.5) is 0 Å². The van der Waals surface area contributed by atoms with Gasteiger partial charge in [-0.05, 0) is 24.6 Å². The van der Waals surface area contributed by atoms with Crippen LogP contribution in [0.3, 0.4) is 0 Å². The van der Waals surface area contributed by atoms with Crippen LogP contribution in [0.5, 0.6) is 0 Å². The molecular weight excluding hydrogens is 268 g/mol. The van der Waals surface area contributed by atoms with Crippen molar-refractivity contribution in [3.05, 3.63) is 35.4 Å². The fourth-order valence-corrected chi connectivity index (χ4v) is 1.74. The summed E-state index contributed by atoms with van der Waals surface area (Å²) in [6, 6.07) is 7.45. The van der Waals surface area contributed by atoms with E-state index in [1.807, 2.05) is 25.1 Å². The lowest BCUT2D eigenvalue weighted by Gasteiger charge is -2.11. The maximum absolute atomic E-state index is 11.6. The summed E-state index contributed by atoms with van der Waals surface area (Å²) in [7, 11) is 3.28. The number of hydrogen-bond acceptors (Lipinski definition) is 3. The van der Waals surface area contributed by atoms with Gasteiger partial charge >= 0.3 is 0 Å². The van der Waals surface area contributed by atoms with Crippen LogP contribution >= 0.6 is 0 Å². The Hall–Kier alpha value is -2.08. The molecular formula is C15H24N4O2. The number of aliphatic imine (C=N–C) groups is 1.